The van der Waals surface area contributed by atoms with E-state index in [1.165, 1.54) is 11.1 Å². The summed E-state index contributed by atoms with van der Waals surface area (Å²) in [7, 11) is 0. The zero-order valence-electron chi connectivity index (χ0n) is 12.1. The molecule has 3 nitrogen and oxygen atoms in total. The summed E-state index contributed by atoms with van der Waals surface area (Å²) in [6.45, 7) is 7.83. The Balaban J connectivity index is 2.10. The van der Waals surface area contributed by atoms with Gasteiger partial charge in [0.2, 0.25) is 5.91 Å². The maximum absolute atomic E-state index is 12.0. The Morgan fingerprint density at radius 2 is 2.00 bits per heavy atom. The minimum atomic E-state index is 0.0529. The molecule has 0 radical (unpaired) electrons. The minimum absolute atomic E-state index is 0.0529. The highest BCUT2D eigenvalue weighted by atomic mass is 16.2. The van der Waals surface area contributed by atoms with Crippen molar-refractivity contribution >= 4 is 5.91 Å². The van der Waals surface area contributed by atoms with E-state index in [-0.39, 0.29) is 12.1 Å². The van der Waals surface area contributed by atoms with Crippen molar-refractivity contribution < 1.29 is 4.79 Å². The van der Waals surface area contributed by atoms with E-state index < -0.39 is 0 Å². The van der Waals surface area contributed by atoms with Gasteiger partial charge in [-0.3, -0.25) is 10.1 Å². The van der Waals surface area contributed by atoms with E-state index in [9.17, 15) is 4.79 Å². The summed E-state index contributed by atoms with van der Waals surface area (Å²) in [5.74, 6) is 0.835. The lowest BCUT2D eigenvalue weighted by Crippen LogP contribution is -2.31. The Morgan fingerprint density at radius 1 is 1.32 bits per heavy atom. The van der Waals surface area contributed by atoms with Gasteiger partial charge < -0.3 is 4.90 Å². The van der Waals surface area contributed by atoms with Crippen LogP contribution in [0.4, 0.5) is 0 Å². The van der Waals surface area contributed by atoms with Crippen LogP contribution in [0.15, 0.2) is 24.3 Å². The van der Waals surface area contributed by atoms with Gasteiger partial charge >= 0.3 is 0 Å². The Hall–Kier alpha value is -1.35. The Bertz CT molecular complexity index is 425. The zero-order chi connectivity index (χ0) is 13.8. The third-order valence-corrected chi connectivity index (χ3v) is 3.73. The number of aryl methyl sites for hydroxylation is 1. The maximum Gasteiger partial charge on any atom is 0.238 e. The van der Waals surface area contributed by atoms with Gasteiger partial charge in [0, 0.05) is 6.54 Å². The smallest absolute Gasteiger partial charge is 0.238 e. The van der Waals surface area contributed by atoms with E-state index in [1.54, 1.807) is 0 Å². The van der Waals surface area contributed by atoms with Crippen molar-refractivity contribution in [2.24, 2.45) is 5.92 Å². The molecule has 1 aromatic carbocycles. The normalized spacial score (nSPS) is 19.5. The zero-order valence-corrected chi connectivity index (χ0v) is 12.1. The first-order valence-electron chi connectivity index (χ1n) is 7.23. The topological polar surface area (TPSA) is 32.3 Å². The number of benzene rings is 1. The number of hydrogen-bond acceptors (Lipinski definition) is 2. The lowest BCUT2D eigenvalue weighted by molar-refractivity contribution is -0.128. The molecule has 0 spiro atoms. The van der Waals surface area contributed by atoms with Crippen molar-refractivity contribution in [3.63, 3.8) is 0 Å². The average molecular weight is 260 g/mol. The largest absolute Gasteiger partial charge is 0.322 e. The van der Waals surface area contributed by atoms with Crippen LogP contribution in [0.3, 0.4) is 0 Å². The number of rotatable bonds is 5. The first kappa shape index (κ1) is 14.1. The first-order valence-corrected chi connectivity index (χ1v) is 7.23. The van der Waals surface area contributed by atoms with Crippen molar-refractivity contribution in [2.45, 2.75) is 39.8 Å². The predicted octanol–water partition coefficient (Wildman–Crippen LogP) is 2.73. The molecule has 0 bridgehead atoms. The SMILES string of the molecule is CCc1ccc(C2NCC(=O)N2CCC(C)C)cc1. The second-order valence-electron chi connectivity index (χ2n) is 5.65. The summed E-state index contributed by atoms with van der Waals surface area (Å²) in [6, 6.07) is 8.58. The molecule has 1 N–H and O–H groups in total. The number of carbonyl (C=O) groups excluding carboxylic acids is 1. The number of carbonyl (C=O) groups is 1. The van der Waals surface area contributed by atoms with Crippen molar-refractivity contribution in [1.82, 2.24) is 10.2 Å². The van der Waals surface area contributed by atoms with Gasteiger partial charge in [0.15, 0.2) is 0 Å². The molecule has 104 valence electrons. The van der Waals surface area contributed by atoms with Gasteiger partial charge in [-0.1, -0.05) is 45.0 Å². The fourth-order valence-corrected chi connectivity index (χ4v) is 2.42. The van der Waals surface area contributed by atoms with Crippen molar-refractivity contribution in [1.29, 1.82) is 0 Å². The maximum atomic E-state index is 12.0. The fourth-order valence-electron chi connectivity index (χ4n) is 2.42. The monoisotopic (exact) mass is 260 g/mol. The molecule has 0 aromatic heterocycles. The molecule has 1 aliphatic heterocycles. The molecule has 0 aliphatic carbocycles. The van der Waals surface area contributed by atoms with Crippen LogP contribution in [0.1, 0.15) is 44.5 Å². The molecular formula is C16H24N2O. The highest BCUT2D eigenvalue weighted by Gasteiger charge is 2.30. The van der Waals surface area contributed by atoms with Gasteiger partial charge in [-0.15, -0.1) is 0 Å². The Kier molecular flexibility index (Phi) is 4.59. The van der Waals surface area contributed by atoms with E-state index in [2.05, 4.69) is 50.4 Å². The highest BCUT2D eigenvalue weighted by molar-refractivity contribution is 5.80. The van der Waals surface area contributed by atoms with Gasteiger partial charge in [0.25, 0.3) is 0 Å². The van der Waals surface area contributed by atoms with Gasteiger partial charge in [-0.2, -0.15) is 0 Å². The molecule has 1 amide bonds. The van der Waals surface area contributed by atoms with Crippen molar-refractivity contribution in [3.05, 3.63) is 35.4 Å². The molecule has 1 heterocycles. The summed E-state index contributed by atoms with van der Waals surface area (Å²) >= 11 is 0. The Labute approximate surface area is 116 Å². The average Bonchev–Trinajstić information content (AvgIpc) is 2.78. The van der Waals surface area contributed by atoms with Crippen LogP contribution >= 0.6 is 0 Å². The number of nitrogens with zero attached hydrogens (tertiary/aromatic N) is 1. The van der Waals surface area contributed by atoms with Gasteiger partial charge in [0.05, 0.1) is 6.54 Å². The molecule has 0 saturated carbocycles. The molecule has 1 aliphatic rings. The summed E-state index contributed by atoms with van der Waals surface area (Å²) in [4.78, 5) is 13.9. The van der Waals surface area contributed by atoms with E-state index in [0.717, 1.165) is 19.4 Å². The first-order chi connectivity index (χ1) is 9.11. The third kappa shape index (κ3) is 3.35. The van der Waals surface area contributed by atoms with Crippen molar-refractivity contribution in [3.8, 4) is 0 Å². The van der Waals surface area contributed by atoms with Crippen LogP contribution in [0.2, 0.25) is 0 Å². The van der Waals surface area contributed by atoms with Crippen LogP contribution < -0.4 is 5.32 Å². The molecule has 1 fully saturated rings. The van der Waals surface area contributed by atoms with Crippen LogP contribution in [-0.4, -0.2) is 23.9 Å². The second kappa shape index (κ2) is 6.20. The Morgan fingerprint density at radius 3 is 2.58 bits per heavy atom. The third-order valence-electron chi connectivity index (χ3n) is 3.73. The lowest BCUT2D eigenvalue weighted by atomic mass is 10.1. The summed E-state index contributed by atoms with van der Waals surface area (Å²) in [6.07, 6.45) is 2.16. The van der Waals surface area contributed by atoms with Crippen LogP contribution in [0.25, 0.3) is 0 Å². The van der Waals surface area contributed by atoms with E-state index in [0.29, 0.717) is 12.5 Å². The lowest BCUT2D eigenvalue weighted by Gasteiger charge is -2.25. The van der Waals surface area contributed by atoms with E-state index in [4.69, 9.17) is 0 Å². The number of amides is 1. The summed E-state index contributed by atoms with van der Waals surface area (Å²) in [5.41, 5.74) is 2.52. The van der Waals surface area contributed by atoms with Crippen molar-refractivity contribution in [2.75, 3.05) is 13.1 Å². The van der Waals surface area contributed by atoms with E-state index in [1.807, 2.05) is 4.90 Å². The van der Waals surface area contributed by atoms with Gasteiger partial charge in [-0.05, 0) is 29.9 Å². The highest BCUT2D eigenvalue weighted by Crippen LogP contribution is 2.23. The molecule has 1 aromatic rings. The van der Waals surface area contributed by atoms with E-state index >= 15 is 0 Å². The molecule has 2 rings (SSSR count). The standard InChI is InChI=1S/C16H24N2O/c1-4-13-5-7-14(8-6-13)16-17-11-15(19)18(16)10-9-12(2)3/h5-8,12,16-17H,4,9-11H2,1-3H3. The fraction of sp³-hybridized carbons (Fsp3) is 0.562. The van der Waals surface area contributed by atoms with Crippen LogP contribution in [-0.2, 0) is 11.2 Å². The number of nitrogens with one attached hydrogen (secondary N) is 1. The molecule has 1 saturated heterocycles. The van der Waals surface area contributed by atoms with Crippen LogP contribution in [0, 0.1) is 5.92 Å². The molecule has 1 unspecified atom stereocenters. The number of hydrogen-bond donors (Lipinski definition) is 1. The molecule has 19 heavy (non-hydrogen) atoms. The summed E-state index contributed by atoms with van der Waals surface area (Å²) in [5, 5.41) is 3.31. The predicted molar refractivity (Wildman–Crippen MR) is 77.7 cm³/mol. The molecule has 3 heteroatoms. The quantitative estimate of drug-likeness (QED) is 0.883. The summed E-state index contributed by atoms with van der Waals surface area (Å²) < 4.78 is 0. The minimum Gasteiger partial charge on any atom is -0.322 e. The second-order valence-corrected chi connectivity index (χ2v) is 5.65. The van der Waals surface area contributed by atoms with Gasteiger partial charge in [-0.25, -0.2) is 0 Å². The molecular weight excluding hydrogens is 236 g/mol. The molecule has 1 atom stereocenters. The van der Waals surface area contributed by atoms with Gasteiger partial charge in [0.1, 0.15) is 6.17 Å². The van der Waals surface area contributed by atoms with Crippen LogP contribution in [0.5, 0.6) is 0 Å².